The quantitative estimate of drug-likeness (QED) is 0.883. The summed E-state index contributed by atoms with van der Waals surface area (Å²) in [5.41, 5.74) is 2.47. The second-order valence-electron chi connectivity index (χ2n) is 3.78. The maximum atomic E-state index is 8.84. The van der Waals surface area contributed by atoms with Gasteiger partial charge in [-0.2, -0.15) is 5.26 Å². The summed E-state index contributed by atoms with van der Waals surface area (Å²) in [5.74, 6) is 0.832. The summed E-state index contributed by atoms with van der Waals surface area (Å²) in [6, 6.07) is 17.2. The normalized spacial score (nSPS) is 9.56. The predicted octanol–water partition coefficient (Wildman–Crippen LogP) is 3.70. The Bertz CT molecular complexity index is 573. The summed E-state index contributed by atoms with van der Waals surface area (Å²) in [6.45, 7) is 2.60. The third-order valence-electron chi connectivity index (χ3n) is 2.43. The molecular formula is C15H14N2O. The summed E-state index contributed by atoms with van der Waals surface area (Å²) in [6.07, 6.45) is 0. The van der Waals surface area contributed by atoms with Gasteiger partial charge in [0.2, 0.25) is 0 Å². The van der Waals surface area contributed by atoms with Gasteiger partial charge >= 0.3 is 0 Å². The van der Waals surface area contributed by atoms with Crippen molar-refractivity contribution < 1.29 is 4.74 Å². The lowest BCUT2D eigenvalue weighted by Gasteiger charge is -2.09. The van der Waals surface area contributed by atoms with E-state index in [0.717, 1.165) is 17.1 Å². The zero-order valence-electron chi connectivity index (χ0n) is 10.2. The van der Waals surface area contributed by atoms with Crippen LogP contribution in [0.15, 0.2) is 48.5 Å². The molecule has 2 aromatic rings. The molecular weight excluding hydrogens is 224 g/mol. The maximum Gasteiger partial charge on any atom is 0.121 e. The van der Waals surface area contributed by atoms with Crippen molar-refractivity contribution in [2.45, 2.75) is 6.92 Å². The zero-order chi connectivity index (χ0) is 12.8. The number of nitrogens with zero attached hydrogens (tertiary/aromatic N) is 1. The lowest BCUT2D eigenvalue weighted by Crippen LogP contribution is -1.94. The van der Waals surface area contributed by atoms with Crippen LogP contribution in [-0.2, 0) is 0 Å². The van der Waals surface area contributed by atoms with Gasteiger partial charge in [0.25, 0.3) is 0 Å². The fourth-order valence-electron chi connectivity index (χ4n) is 1.66. The van der Waals surface area contributed by atoms with Gasteiger partial charge in [0, 0.05) is 17.4 Å². The summed E-state index contributed by atoms with van der Waals surface area (Å²) < 4.78 is 5.44. The molecule has 2 aromatic carbocycles. The molecule has 0 spiro atoms. The van der Waals surface area contributed by atoms with Crippen LogP contribution >= 0.6 is 0 Å². The molecule has 0 aromatic heterocycles. The van der Waals surface area contributed by atoms with Gasteiger partial charge in [0.05, 0.1) is 18.2 Å². The number of benzene rings is 2. The lowest BCUT2D eigenvalue weighted by molar-refractivity contribution is 0.340. The van der Waals surface area contributed by atoms with Gasteiger partial charge in [0.15, 0.2) is 0 Å². The molecule has 1 N–H and O–H groups in total. The fraction of sp³-hybridized carbons (Fsp3) is 0.133. The lowest BCUT2D eigenvalue weighted by atomic mass is 10.2. The molecule has 3 heteroatoms. The minimum atomic E-state index is 0.640. The highest BCUT2D eigenvalue weighted by molar-refractivity contribution is 5.62. The van der Waals surface area contributed by atoms with Crippen LogP contribution in [0.1, 0.15) is 12.5 Å². The average Bonchev–Trinajstić information content (AvgIpc) is 2.40. The SMILES string of the molecule is CCOc1cccc(Nc2cccc(C#N)c2)c1. The van der Waals surface area contributed by atoms with Gasteiger partial charge in [0.1, 0.15) is 5.75 Å². The summed E-state index contributed by atoms with van der Waals surface area (Å²) in [5, 5.41) is 12.1. The van der Waals surface area contributed by atoms with Gasteiger partial charge in [-0.3, -0.25) is 0 Å². The topological polar surface area (TPSA) is 45.0 Å². The van der Waals surface area contributed by atoms with Crippen molar-refractivity contribution in [2.75, 3.05) is 11.9 Å². The van der Waals surface area contributed by atoms with Crippen LogP contribution in [0.4, 0.5) is 11.4 Å². The Hall–Kier alpha value is -2.47. The largest absolute Gasteiger partial charge is 0.494 e. The third kappa shape index (κ3) is 3.02. The first-order chi connectivity index (χ1) is 8.81. The van der Waals surface area contributed by atoms with E-state index in [2.05, 4.69) is 11.4 Å². The molecule has 0 unspecified atom stereocenters. The molecule has 0 atom stereocenters. The number of nitriles is 1. The molecule has 90 valence electrons. The van der Waals surface area contributed by atoms with E-state index in [1.807, 2.05) is 49.4 Å². The van der Waals surface area contributed by atoms with Crippen molar-refractivity contribution >= 4 is 11.4 Å². The molecule has 0 aliphatic carbocycles. The highest BCUT2D eigenvalue weighted by Gasteiger charge is 1.98. The van der Waals surface area contributed by atoms with Crippen LogP contribution < -0.4 is 10.1 Å². The summed E-state index contributed by atoms with van der Waals surface area (Å²) >= 11 is 0. The molecule has 18 heavy (non-hydrogen) atoms. The zero-order valence-corrected chi connectivity index (χ0v) is 10.2. The van der Waals surface area contributed by atoms with E-state index in [9.17, 15) is 0 Å². The Morgan fingerprint density at radius 3 is 2.56 bits per heavy atom. The molecule has 0 aliphatic heterocycles. The first kappa shape index (κ1) is 12.0. The van der Waals surface area contributed by atoms with E-state index < -0.39 is 0 Å². The van der Waals surface area contributed by atoms with Crippen LogP contribution in [0.3, 0.4) is 0 Å². The Kier molecular flexibility index (Phi) is 3.83. The number of anilines is 2. The van der Waals surface area contributed by atoms with Gasteiger partial charge in [-0.05, 0) is 37.3 Å². The van der Waals surface area contributed by atoms with Crippen LogP contribution in [0.25, 0.3) is 0 Å². The van der Waals surface area contributed by atoms with Crippen LogP contribution in [0, 0.1) is 11.3 Å². The molecule has 2 rings (SSSR count). The molecule has 0 bridgehead atoms. The van der Waals surface area contributed by atoms with Crippen molar-refractivity contribution in [1.29, 1.82) is 5.26 Å². The number of ether oxygens (including phenoxy) is 1. The highest BCUT2D eigenvalue weighted by Crippen LogP contribution is 2.21. The molecule has 0 fully saturated rings. The van der Waals surface area contributed by atoms with Crippen molar-refractivity contribution in [2.24, 2.45) is 0 Å². The van der Waals surface area contributed by atoms with Crippen LogP contribution in [-0.4, -0.2) is 6.61 Å². The molecule has 0 radical (unpaired) electrons. The van der Waals surface area contributed by atoms with E-state index in [1.165, 1.54) is 0 Å². The Morgan fingerprint density at radius 1 is 1.11 bits per heavy atom. The van der Waals surface area contributed by atoms with Gasteiger partial charge < -0.3 is 10.1 Å². The molecule has 0 aliphatic rings. The standard InChI is InChI=1S/C15H14N2O/c1-2-18-15-8-4-7-14(10-15)17-13-6-3-5-12(9-13)11-16/h3-10,17H,2H2,1H3. The first-order valence-corrected chi connectivity index (χ1v) is 5.82. The van der Waals surface area contributed by atoms with Crippen molar-refractivity contribution in [3.63, 3.8) is 0 Å². The van der Waals surface area contributed by atoms with E-state index in [4.69, 9.17) is 10.00 Å². The molecule has 0 amide bonds. The van der Waals surface area contributed by atoms with Gasteiger partial charge in [-0.15, -0.1) is 0 Å². The smallest absolute Gasteiger partial charge is 0.121 e. The van der Waals surface area contributed by atoms with Crippen molar-refractivity contribution in [3.8, 4) is 11.8 Å². The monoisotopic (exact) mass is 238 g/mol. The number of hydrogen-bond acceptors (Lipinski definition) is 3. The summed E-state index contributed by atoms with van der Waals surface area (Å²) in [4.78, 5) is 0. The second kappa shape index (κ2) is 5.74. The second-order valence-corrected chi connectivity index (χ2v) is 3.78. The highest BCUT2D eigenvalue weighted by atomic mass is 16.5. The first-order valence-electron chi connectivity index (χ1n) is 5.82. The molecule has 0 heterocycles. The average molecular weight is 238 g/mol. The minimum Gasteiger partial charge on any atom is -0.494 e. The molecule has 3 nitrogen and oxygen atoms in total. The van der Waals surface area contributed by atoms with Gasteiger partial charge in [-0.1, -0.05) is 12.1 Å². The Morgan fingerprint density at radius 2 is 1.83 bits per heavy atom. The molecule has 0 saturated carbocycles. The van der Waals surface area contributed by atoms with E-state index in [-0.39, 0.29) is 0 Å². The third-order valence-corrected chi connectivity index (χ3v) is 2.43. The van der Waals surface area contributed by atoms with Crippen molar-refractivity contribution in [1.82, 2.24) is 0 Å². The number of nitrogens with one attached hydrogen (secondary N) is 1. The fourth-order valence-corrected chi connectivity index (χ4v) is 1.66. The van der Waals surface area contributed by atoms with E-state index >= 15 is 0 Å². The maximum absolute atomic E-state index is 8.84. The number of rotatable bonds is 4. The Labute approximate surface area is 107 Å². The molecule has 0 saturated heterocycles. The van der Waals surface area contributed by atoms with Crippen LogP contribution in [0.2, 0.25) is 0 Å². The minimum absolute atomic E-state index is 0.640. The van der Waals surface area contributed by atoms with E-state index in [1.54, 1.807) is 6.07 Å². The predicted molar refractivity (Wildman–Crippen MR) is 72.1 cm³/mol. The van der Waals surface area contributed by atoms with Crippen LogP contribution in [0.5, 0.6) is 5.75 Å². The van der Waals surface area contributed by atoms with Crippen molar-refractivity contribution in [3.05, 3.63) is 54.1 Å². The number of hydrogen-bond donors (Lipinski definition) is 1. The van der Waals surface area contributed by atoms with E-state index in [0.29, 0.717) is 12.2 Å². The summed E-state index contributed by atoms with van der Waals surface area (Å²) in [7, 11) is 0. The van der Waals surface area contributed by atoms with Gasteiger partial charge in [-0.25, -0.2) is 0 Å². The Balaban J connectivity index is 2.18.